The van der Waals surface area contributed by atoms with Crippen LogP contribution in [0.5, 0.6) is 5.75 Å². The van der Waals surface area contributed by atoms with Crippen molar-refractivity contribution in [3.63, 3.8) is 0 Å². The number of anilines is 1. The van der Waals surface area contributed by atoms with Gasteiger partial charge in [0.1, 0.15) is 15.9 Å². The lowest BCUT2D eigenvalue weighted by molar-refractivity contribution is 0.406. The molecule has 1 aromatic carbocycles. The molecular formula is C22H27FN4O3S. The van der Waals surface area contributed by atoms with Crippen LogP contribution in [0.1, 0.15) is 39.2 Å². The fourth-order valence-corrected chi connectivity index (χ4v) is 5.89. The summed E-state index contributed by atoms with van der Waals surface area (Å²) in [4.78, 5) is 28.1. The maximum absolute atomic E-state index is 15.5. The van der Waals surface area contributed by atoms with E-state index < -0.39 is 16.8 Å². The molecule has 1 saturated carbocycles. The Balaban J connectivity index is 1.74. The van der Waals surface area contributed by atoms with Crippen molar-refractivity contribution in [1.82, 2.24) is 14.3 Å². The maximum Gasteiger partial charge on any atom is 0.271 e. The molecule has 1 aliphatic heterocycles. The second-order valence-electron chi connectivity index (χ2n) is 8.62. The van der Waals surface area contributed by atoms with Crippen molar-refractivity contribution in [1.29, 1.82) is 0 Å². The van der Waals surface area contributed by atoms with Gasteiger partial charge in [-0.1, -0.05) is 6.92 Å². The summed E-state index contributed by atoms with van der Waals surface area (Å²) >= 11 is 1.16. The Kier molecular flexibility index (Phi) is 5.05. The Bertz CT molecular complexity index is 1280. The monoisotopic (exact) mass is 446 g/mol. The zero-order valence-corrected chi connectivity index (χ0v) is 18.8. The van der Waals surface area contributed by atoms with Gasteiger partial charge >= 0.3 is 0 Å². The molecule has 0 amide bonds. The Morgan fingerprint density at radius 2 is 2.13 bits per heavy atom. The number of nitrogens with zero attached hydrogens (tertiary/aromatic N) is 2. The van der Waals surface area contributed by atoms with E-state index in [2.05, 4.69) is 23.5 Å². The van der Waals surface area contributed by atoms with E-state index in [0.717, 1.165) is 50.4 Å². The van der Waals surface area contributed by atoms with Crippen LogP contribution in [0.15, 0.2) is 15.7 Å². The number of nitrogens with one attached hydrogen (secondary N) is 2. The van der Waals surface area contributed by atoms with Crippen LogP contribution in [-0.2, 0) is 0 Å². The normalized spacial score (nSPS) is 20.1. The maximum atomic E-state index is 15.5. The number of benzene rings is 1. The van der Waals surface area contributed by atoms with Gasteiger partial charge in [0.2, 0.25) is 5.43 Å². The third kappa shape index (κ3) is 3.17. The highest BCUT2D eigenvalue weighted by Crippen LogP contribution is 2.46. The van der Waals surface area contributed by atoms with Gasteiger partial charge in [0.05, 0.1) is 18.0 Å². The van der Waals surface area contributed by atoms with Crippen LogP contribution in [0.2, 0.25) is 0 Å². The number of aromatic amines is 1. The van der Waals surface area contributed by atoms with Crippen LogP contribution in [0, 0.1) is 11.7 Å². The van der Waals surface area contributed by atoms with Gasteiger partial charge in [-0.3, -0.25) is 14.0 Å². The van der Waals surface area contributed by atoms with E-state index in [4.69, 9.17) is 4.74 Å². The number of methoxy groups -OCH3 is 1. The number of pyridine rings is 1. The first kappa shape index (κ1) is 20.5. The molecule has 5 rings (SSSR count). The molecule has 3 heterocycles. The van der Waals surface area contributed by atoms with Gasteiger partial charge in [0.15, 0.2) is 11.6 Å². The highest BCUT2D eigenvalue weighted by Gasteiger charge is 2.35. The molecule has 166 valence electrons. The molecule has 3 aromatic rings. The number of fused-ring (bicyclic) bond motifs is 2. The average molecular weight is 447 g/mol. The van der Waals surface area contributed by atoms with Crippen molar-refractivity contribution in [2.45, 2.75) is 45.2 Å². The molecule has 9 heteroatoms. The first-order valence-electron chi connectivity index (χ1n) is 10.9. The molecule has 1 saturated heterocycles. The van der Waals surface area contributed by atoms with Crippen LogP contribution < -0.4 is 25.9 Å². The lowest BCUT2D eigenvalue weighted by Gasteiger charge is -2.26. The largest absolute Gasteiger partial charge is 0.492 e. The zero-order chi connectivity index (χ0) is 21.9. The minimum Gasteiger partial charge on any atom is -0.492 e. The third-order valence-electron chi connectivity index (χ3n) is 6.69. The molecule has 2 fully saturated rings. The van der Waals surface area contributed by atoms with Gasteiger partial charge in [0, 0.05) is 25.2 Å². The molecule has 7 nitrogen and oxygen atoms in total. The second kappa shape index (κ2) is 7.63. The van der Waals surface area contributed by atoms with Crippen molar-refractivity contribution in [2.24, 2.45) is 5.92 Å². The van der Waals surface area contributed by atoms with Crippen molar-refractivity contribution in [2.75, 3.05) is 31.6 Å². The molecule has 2 unspecified atom stereocenters. The summed E-state index contributed by atoms with van der Waals surface area (Å²) in [6, 6.07) is 1.82. The van der Waals surface area contributed by atoms with Crippen molar-refractivity contribution in [3.05, 3.63) is 32.5 Å². The molecule has 1 aliphatic carbocycles. The predicted molar refractivity (Wildman–Crippen MR) is 122 cm³/mol. The Morgan fingerprint density at radius 3 is 2.81 bits per heavy atom. The minimum atomic E-state index is -0.480. The molecule has 0 bridgehead atoms. The third-order valence-corrected chi connectivity index (χ3v) is 7.57. The molecule has 2 N–H and O–H groups in total. The topological polar surface area (TPSA) is 79.4 Å². The minimum absolute atomic E-state index is 0.110. The van der Waals surface area contributed by atoms with Crippen LogP contribution in [0.3, 0.4) is 0 Å². The lowest BCUT2D eigenvalue weighted by Crippen LogP contribution is -2.35. The number of hydrogen-bond donors (Lipinski definition) is 2. The van der Waals surface area contributed by atoms with Crippen LogP contribution in [0.25, 0.3) is 21.1 Å². The van der Waals surface area contributed by atoms with Gasteiger partial charge < -0.3 is 19.5 Å². The van der Waals surface area contributed by atoms with Gasteiger partial charge in [-0.05, 0) is 56.2 Å². The van der Waals surface area contributed by atoms with E-state index in [1.807, 2.05) is 9.47 Å². The summed E-state index contributed by atoms with van der Waals surface area (Å²) in [5.74, 6) is 0.313. The van der Waals surface area contributed by atoms with E-state index >= 15 is 4.39 Å². The number of halogens is 1. The molecule has 0 radical (unpaired) electrons. The molecule has 31 heavy (non-hydrogen) atoms. The highest BCUT2D eigenvalue weighted by atomic mass is 32.1. The van der Waals surface area contributed by atoms with E-state index in [1.165, 1.54) is 13.2 Å². The number of aromatic nitrogens is 2. The fraction of sp³-hybridized carbons (Fsp3) is 0.545. The summed E-state index contributed by atoms with van der Waals surface area (Å²) < 4.78 is 26.0. The SMILES string of the molecule is CCNC(C)C1CCN(c2c(F)cc3c(=O)c4c(=O)[nH]sc4n(C4CC4)c3c2OC)C1. The number of H-pyrrole nitrogens is 1. The summed E-state index contributed by atoms with van der Waals surface area (Å²) in [5.41, 5.74) is 0.160. The van der Waals surface area contributed by atoms with Crippen LogP contribution in [0.4, 0.5) is 10.1 Å². The standard InChI is InChI=1S/C22H27FN4O3S/c1-4-24-11(2)12-7-8-26(10-12)18-15(23)9-14-17(20(18)30-3)27(13-5-6-13)22-16(19(14)28)21(29)25-31-22/h9,11-13,24H,4-8,10H2,1-3H3,(H,25,29). The summed E-state index contributed by atoms with van der Waals surface area (Å²) in [6.45, 7) is 6.60. The zero-order valence-electron chi connectivity index (χ0n) is 18.0. The number of ether oxygens (including phenoxy) is 1. The first-order valence-corrected chi connectivity index (χ1v) is 11.7. The van der Waals surface area contributed by atoms with Gasteiger partial charge in [-0.15, -0.1) is 0 Å². The summed E-state index contributed by atoms with van der Waals surface area (Å²) in [6.07, 6.45) is 2.88. The predicted octanol–water partition coefficient (Wildman–Crippen LogP) is 3.21. The van der Waals surface area contributed by atoms with E-state index in [-0.39, 0.29) is 16.8 Å². The van der Waals surface area contributed by atoms with E-state index in [0.29, 0.717) is 33.7 Å². The van der Waals surface area contributed by atoms with E-state index in [1.54, 1.807) is 0 Å². The van der Waals surface area contributed by atoms with Crippen LogP contribution >= 0.6 is 11.5 Å². The van der Waals surface area contributed by atoms with Crippen molar-refractivity contribution >= 4 is 38.3 Å². The van der Waals surface area contributed by atoms with Gasteiger partial charge in [-0.2, -0.15) is 0 Å². The molecule has 2 atom stereocenters. The van der Waals surface area contributed by atoms with Gasteiger partial charge in [-0.25, -0.2) is 4.39 Å². The van der Waals surface area contributed by atoms with E-state index in [9.17, 15) is 9.59 Å². The molecular weight excluding hydrogens is 419 g/mol. The Labute approximate surface area is 183 Å². The smallest absolute Gasteiger partial charge is 0.271 e. The van der Waals surface area contributed by atoms with Crippen molar-refractivity contribution < 1.29 is 9.13 Å². The van der Waals surface area contributed by atoms with Gasteiger partial charge in [0.25, 0.3) is 5.56 Å². The first-order chi connectivity index (χ1) is 15.0. The Hall–Kier alpha value is -2.39. The molecule has 2 aliphatic rings. The fourth-order valence-electron chi connectivity index (χ4n) is 4.97. The number of hydrogen-bond acceptors (Lipinski definition) is 6. The van der Waals surface area contributed by atoms with Crippen molar-refractivity contribution in [3.8, 4) is 5.75 Å². The Morgan fingerprint density at radius 1 is 1.35 bits per heavy atom. The number of rotatable bonds is 6. The lowest BCUT2D eigenvalue weighted by atomic mass is 10.0. The van der Waals surface area contributed by atoms with Crippen LogP contribution in [-0.4, -0.2) is 41.7 Å². The summed E-state index contributed by atoms with van der Waals surface area (Å²) in [5, 5.41) is 3.78. The molecule has 0 spiro atoms. The summed E-state index contributed by atoms with van der Waals surface area (Å²) in [7, 11) is 1.53. The molecule has 2 aromatic heterocycles. The average Bonchev–Trinajstić information content (AvgIpc) is 3.33. The highest BCUT2D eigenvalue weighted by molar-refractivity contribution is 7.12. The second-order valence-corrected chi connectivity index (χ2v) is 9.42. The quantitative estimate of drug-likeness (QED) is 0.608.